The van der Waals surface area contributed by atoms with Crippen LogP contribution in [0.1, 0.15) is 40.0 Å². The largest absolute Gasteiger partial charge is 0.386 e. The Morgan fingerprint density at radius 3 is 2.40 bits per heavy atom. The van der Waals surface area contributed by atoms with Crippen LogP contribution in [0.25, 0.3) is 0 Å². The van der Waals surface area contributed by atoms with Crippen LogP contribution in [0.4, 0.5) is 0 Å². The van der Waals surface area contributed by atoms with E-state index < -0.39 is 5.60 Å². The fourth-order valence-corrected chi connectivity index (χ4v) is 0.961. The Balaban J connectivity index is 3.73. The van der Waals surface area contributed by atoms with Crippen LogP contribution in [0.3, 0.4) is 0 Å². The molecule has 1 heteroatoms. The second-order valence-corrected chi connectivity index (χ2v) is 2.92. The van der Waals surface area contributed by atoms with Gasteiger partial charge >= 0.3 is 0 Å². The number of hydrogen-bond donors (Lipinski definition) is 1. The Morgan fingerprint density at radius 1 is 1.40 bits per heavy atom. The Morgan fingerprint density at radius 2 is 2.00 bits per heavy atom. The molecule has 0 saturated heterocycles. The minimum atomic E-state index is -0.579. The molecule has 10 heavy (non-hydrogen) atoms. The van der Waals surface area contributed by atoms with Crippen LogP contribution in [-0.4, -0.2) is 10.7 Å². The molecule has 0 amide bonds. The van der Waals surface area contributed by atoms with Crippen LogP contribution in [0.15, 0.2) is 12.2 Å². The summed E-state index contributed by atoms with van der Waals surface area (Å²) in [5.74, 6) is 0. The van der Waals surface area contributed by atoms with Crippen LogP contribution < -0.4 is 0 Å². The molecule has 0 heterocycles. The highest BCUT2D eigenvalue weighted by Gasteiger charge is 2.12. The van der Waals surface area contributed by atoms with Crippen molar-refractivity contribution in [2.24, 2.45) is 0 Å². The molecular weight excluding hydrogens is 124 g/mol. The molecule has 0 spiro atoms. The third kappa shape index (κ3) is 4.57. The third-order valence-corrected chi connectivity index (χ3v) is 1.47. The Hall–Kier alpha value is -0.300. The summed E-state index contributed by atoms with van der Waals surface area (Å²) < 4.78 is 0. The maximum atomic E-state index is 9.56. The van der Waals surface area contributed by atoms with Crippen molar-refractivity contribution in [2.45, 2.75) is 45.6 Å². The van der Waals surface area contributed by atoms with Gasteiger partial charge in [-0.15, -0.1) is 0 Å². The fraction of sp³-hybridized carbons (Fsp3) is 0.778. The Labute approximate surface area is 63.8 Å². The normalized spacial score (nSPS) is 17.6. The van der Waals surface area contributed by atoms with Crippen molar-refractivity contribution >= 4 is 0 Å². The maximum absolute atomic E-state index is 9.56. The molecule has 1 nitrogen and oxygen atoms in total. The van der Waals surface area contributed by atoms with Crippen molar-refractivity contribution in [1.29, 1.82) is 0 Å². The van der Waals surface area contributed by atoms with E-state index in [0.29, 0.717) is 0 Å². The van der Waals surface area contributed by atoms with Gasteiger partial charge in [-0.2, -0.15) is 0 Å². The molecule has 1 N–H and O–H groups in total. The van der Waals surface area contributed by atoms with Gasteiger partial charge in [0.2, 0.25) is 0 Å². The minimum absolute atomic E-state index is 0.579. The van der Waals surface area contributed by atoms with E-state index in [1.807, 2.05) is 19.1 Å². The van der Waals surface area contributed by atoms with E-state index in [2.05, 4.69) is 13.8 Å². The van der Waals surface area contributed by atoms with E-state index in [1.54, 1.807) is 0 Å². The van der Waals surface area contributed by atoms with Gasteiger partial charge in [-0.1, -0.05) is 32.4 Å². The summed E-state index contributed by atoms with van der Waals surface area (Å²) in [6, 6.07) is 0. The zero-order valence-electron chi connectivity index (χ0n) is 7.22. The Kier molecular flexibility index (Phi) is 4.37. The van der Waals surface area contributed by atoms with E-state index in [9.17, 15) is 5.11 Å². The summed E-state index contributed by atoms with van der Waals surface area (Å²) in [6.07, 6.45) is 6.77. The van der Waals surface area contributed by atoms with E-state index in [-0.39, 0.29) is 0 Å². The molecule has 0 aliphatic heterocycles. The highest BCUT2D eigenvalue weighted by atomic mass is 16.3. The van der Waals surface area contributed by atoms with Crippen LogP contribution in [0.5, 0.6) is 0 Å². The molecule has 1 atom stereocenters. The monoisotopic (exact) mass is 142 g/mol. The lowest BCUT2D eigenvalue weighted by Crippen LogP contribution is -2.19. The lowest BCUT2D eigenvalue weighted by atomic mass is 10.0. The molecule has 0 fully saturated rings. The van der Waals surface area contributed by atoms with E-state index >= 15 is 0 Å². The lowest BCUT2D eigenvalue weighted by molar-refractivity contribution is 0.101. The van der Waals surface area contributed by atoms with Gasteiger partial charge < -0.3 is 5.11 Å². The summed E-state index contributed by atoms with van der Waals surface area (Å²) in [5, 5.41) is 9.56. The fourth-order valence-electron chi connectivity index (χ4n) is 0.961. The molecule has 0 bridgehead atoms. The van der Waals surface area contributed by atoms with Crippen LogP contribution >= 0.6 is 0 Å². The molecule has 0 aliphatic carbocycles. The molecule has 0 rings (SSSR count). The molecule has 0 radical (unpaired) electrons. The first-order valence-electron chi connectivity index (χ1n) is 4.02. The third-order valence-electron chi connectivity index (χ3n) is 1.47. The molecule has 0 aromatic heterocycles. The van der Waals surface area contributed by atoms with Crippen LogP contribution in [-0.2, 0) is 0 Å². The van der Waals surface area contributed by atoms with Gasteiger partial charge in [-0.25, -0.2) is 0 Å². The topological polar surface area (TPSA) is 20.2 Å². The summed E-state index contributed by atoms with van der Waals surface area (Å²) in [6.45, 7) is 6.00. The first-order chi connectivity index (χ1) is 4.62. The van der Waals surface area contributed by atoms with Gasteiger partial charge in [0.05, 0.1) is 5.60 Å². The molecule has 0 saturated carbocycles. The zero-order chi connectivity index (χ0) is 8.04. The maximum Gasteiger partial charge on any atom is 0.0799 e. The number of hydrogen-bond acceptors (Lipinski definition) is 1. The van der Waals surface area contributed by atoms with Crippen molar-refractivity contribution in [1.82, 2.24) is 0 Å². The molecule has 0 aliphatic rings. The summed E-state index contributed by atoms with van der Waals surface area (Å²) in [5.41, 5.74) is -0.579. The zero-order valence-corrected chi connectivity index (χ0v) is 7.22. The SMILES string of the molecule is CC/C=C/C(C)(O)CCC. The predicted octanol–water partition coefficient (Wildman–Crippen LogP) is 2.50. The van der Waals surface area contributed by atoms with Gasteiger partial charge in [0.1, 0.15) is 0 Å². The van der Waals surface area contributed by atoms with Crippen molar-refractivity contribution in [3.05, 3.63) is 12.2 Å². The number of rotatable bonds is 4. The van der Waals surface area contributed by atoms with E-state index in [4.69, 9.17) is 0 Å². The van der Waals surface area contributed by atoms with Crippen molar-refractivity contribution in [2.75, 3.05) is 0 Å². The van der Waals surface area contributed by atoms with Gasteiger partial charge in [0.25, 0.3) is 0 Å². The van der Waals surface area contributed by atoms with Gasteiger partial charge in [0, 0.05) is 0 Å². The number of allylic oxidation sites excluding steroid dienone is 1. The molecule has 1 unspecified atom stereocenters. The highest BCUT2D eigenvalue weighted by molar-refractivity contribution is 4.97. The number of aliphatic hydroxyl groups is 1. The molecular formula is C9H18O. The van der Waals surface area contributed by atoms with Crippen LogP contribution in [0, 0.1) is 0 Å². The predicted molar refractivity (Wildman–Crippen MR) is 45.0 cm³/mol. The van der Waals surface area contributed by atoms with Crippen molar-refractivity contribution in [3.8, 4) is 0 Å². The van der Waals surface area contributed by atoms with Gasteiger partial charge in [-0.05, 0) is 19.8 Å². The smallest absolute Gasteiger partial charge is 0.0799 e. The lowest BCUT2D eigenvalue weighted by Gasteiger charge is -2.17. The highest BCUT2D eigenvalue weighted by Crippen LogP contribution is 2.13. The first-order valence-corrected chi connectivity index (χ1v) is 4.02. The molecule has 60 valence electrons. The van der Waals surface area contributed by atoms with E-state index in [1.165, 1.54) is 0 Å². The minimum Gasteiger partial charge on any atom is -0.386 e. The van der Waals surface area contributed by atoms with Gasteiger partial charge in [0.15, 0.2) is 0 Å². The molecule has 0 aromatic carbocycles. The summed E-state index contributed by atoms with van der Waals surface area (Å²) in [7, 11) is 0. The average Bonchev–Trinajstić information content (AvgIpc) is 1.84. The quantitative estimate of drug-likeness (QED) is 0.598. The second-order valence-electron chi connectivity index (χ2n) is 2.92. The van der Waals surface area contributed by atoms with E-state index in [0.717, 1.165) is 19.3 Å². The second kappa shape index (κ2) is 4.51. The van der Waals surface area contributed by atoms with Gasteiger partial charge in [-0.3, -0.25) is 0 Å². The summed E-state index contributed by atoms with van der Waals surface area (Å²) >= 11 is 0. The van der Waals surface area contributed by atoms with Crippen molar-refractivity contribution < 1.29 is 5.11 Å². The Bertz CT molecular complexity index is 103. The molecule has 0 aromatic rings. The average molecular weight is 142 g/mol. The first kappa shape index (κ1) is 9.70. The van der Waals surface area contributed by atoms with Crippen LogP contribution in [0.2, 0.25) is 0 Å². The summed E-state index contributed by atoms with van der Waals surface area (Å²) in [4.78, 5) is 0. The standard InChI is InChI=1S/C9H18O/c1-4-6-8-9(3,10)7-5-2/h6,8,10H,4-5,7H2,1-3H3/b8-6+. The van der Waals surface area contributed by atoms with Crippen molar-refractivity contribution in [3.63, 3.8) is 0 Å².